The molecule has 9 heteroatoms. The summed E-state index contributed by atoms with van der Waals surface area (Å²) >= 11 is 0. The molecule has 0 saturated heterocycles. The molecule has 0 aliphatic carbocycles. The van der Waals surface area contributed by atoms with E-state index in [-0.39, 0.29) is 5.91 Å². The number of H-pyrrole nitrogens is 1. The number of amides is 1. The molecule has 0 bridgehead atoms. The average Bonchev–Trinajstić information content (AvgIpc) is 3.41. The Hall–Kier alpha value is -3.88. The molecule has 0 radical (unpaired) electrons. The summed E-state index contributed by atoms with van der Waals surface area (Å²) in [4.78, 5) is 40.7. The van der Waals surface area contributed by atoms with Crippen LogP contribution in [0, 0.1) is 0 Å². The Morgan fingerprint density at radius 1 is 1.09 bits per heavy atom. The van der Waals surface area contributed by atoms with Gasteiger partial charge in [-0.15, -0.1) is 0 Å². The molecule has 2 aromatic heterocycles. The highest BCUT2D eigenvalue weighted by atomic mass is 16.4. The van der Waals surface area contributed by atoms with Crippen LogP contribution in [0.15, 0.2) is 55.0 Å². The van der Waals surface area contributed by atoms with Crippen molar-refractivity contribution >= 4 is 28.7 Å². The zero-order valence-electron chi connectivity index (χ0n) is 18.2. The number of aromatic amines is 1. The van der Waals surface area contributed by atoms with Gasteiger partial charge in [0.15, 0.2) is 0 Å². The minimum Gasteiger partial charge on any atom is -0.478 e. The summed E-state index contributed by atoms with van der Waals surface area (Å²) < 4.78 is 2.19. The SMILES string of the molecule is CCN(CC)C(=O)CCn1cc(Cc2ncc[nH]2)c2ccccc21.O=C(O)/C=C/C(=O)O. The van der Waals surface area contributed by atoms with Gasteiger partial charge >= 0.3 is 11.9 Å². The van der Waals surface area contributed by atoms with Gasteiger partial charge in [-0.2, -0.15) is 0 Å². The van der Waals surface area contributed by atoms with E-state index in [1.807, 2.05) is 31.0 Å². The number of hydrogen-bond acceptors (Lipinski definition) is 4. The maximum absolute atomic E-state index is 12.3. The van der Waals surface area contributed by atoms with Gasteiger partial charge in [0, 0.05) is 74.1 Å². The fourth-order valence-corrected chi connectivity index (χ4v) is 3.32. The summed E-state index contributed by atoms with van der Waals surface area (Å²) in [5.41, 5.74) is 2.40. The lowest BCUT2D eigenvalue weighted by Gasteiger charge is -2.18. The number of aryl methyl sites for hydroxylation is 1. The smallest absolute Gasteiger partial charge is 0.328 e. The second-order valence-corrected chi connectivity index (χ2v) is 6.90. The second kappa shape index (κ2) is 12.1. The molecule has 0 fully saturated rings. The highest BCUT2D eigenvalue weighted by Gasteiger charge is 2.13. The summed E-state index contributed by atoms with van der Waals surface area (Å²) in [6.45, 7) is 6.28. The molecule has 1 aromatic carbocycles. The molecule has 0 atom stereocenters. The van der Waals surface area contributed by atoms with Crippen LogP contribution in [-0.4, -0.2) is 60.6 Å². The van der Waals surface area contributed by atoms with Gasteiger partial charge < -0.3 is 24.7 Å². The monoisotopic (exact) mass is 440 g/mol. The molecule has 0 unspecified atom stereocenters. The van der Waals surface area contributed by atoms with Crippen molar-refractivity contribution in [3.8, 4) is 0 Å². The van der Waals surface area contributed by atoms with Gasteiger partial charge in [0.2, 0.25) is 5.91 Å². The molecule has 1 amide bonds. The number of benzene rings is 1. The fourth-order valence-electron chi connectivity index (χ4n) is 3.32. The summed E-state index contributed by atoms with van der Waals surface area (Å²) in [7, 11) is 0. The maximum Gasteiger partial charge on any atom is 0.328 e. The third-order valence-electron chi connectivity index (χ3n) is 4.84. The van der Waals surface area contributed by atoms with Crippen molar-refractivity contribution in [2.75, 3.05) is 13.1 Å². The maximum atomic E-state index is 12.3. The number of aromatic nitrogens is 3. The van der Waals surface area contributed by atoms with Gasteiger partial charge in [-0.05, 0) is 25.5 Å². The Kier molecular flexibility index (Phi) is 9.22. The standard InChI is InChI=1S/C19H24N4O.C4H4O4/c1-3-22(4-2)19(24)9-12-23-14-15(13-18-20-10-11-21-18)16-7-5-6-8-17(16)23;5-3(6)1-2-4(7)8/h5-8,10-11,14H,3-4,9,12-13H2,1-2H3,(H,20,21);1-2H,(H,5,6)(H,7,8)/b;2-1+. The minimum atomic E-state index is -1.26. The Balaban J connectivity index is 0.000000390. The van der Waals surface area contributed by atoms with Crippen molar-refractivity contribution in [2.45, 2.75) is 33.2 Å². The Morgan fingerprint density at radius 3 is 2.31 bits per heavy atom. The Morgan fingerprint density at radius 2 is 1.75 bits per heavy atom. The molecule has 32 heavy (non-hydrogen) atoms. The summed E-state index contributed by atoms with van der Waals surface area (Å²) in [5.74, 6) is -1.35. The molecule has 0 aliphatic rings. The van der Waals surface area contributed by atoms with E-state index < -0.39 is 11.9 Å². The number of nitrogens with zero attached hydrogens (tertiary/aromatic N) is 3. The Labute approximate surface area is 186 Å². The number of fused-ring (bicyclic) bond motifs is 1. The van der Waals surface area contributed by atoms with Gasteiger partial charge in [-0.25, -0.2) is 14.6 Å². The lowest BCUT2D eigenvalue weighted by Crippen LogP contribution is -2.31. The number of nitrogens with one attached hydrogen (secondary N) is 1. The topological polar surface area (TPSA) is 129 Å². The number of imidazole rings is 1. The zero-order valence-corrected chi connectivity index (χ0v) is 18.2. The quantitative estimate of drug-likeness (QED) is 0.439. The van der Waals surface area contributed by atoms with E-state index in [9.17, 15) is 14.4 Å². The number of aliphatic carboxylic acids is 2. The average molecular weight is 441 g/mol. The number of rotatable bonds is 9. The van der Waals surface area contributed by atoms with Crippen LogP contribution in [0.25, 0.3) is 10.9 Å². The van der Waals surface area contributed by atoms with Crippen LogP contribution in [0.5, 0.6) is 0 Å². The third kappa shape index (κ3) is 7.12. The molecule has 0 aliphatic heterocycles. The van der Waals surface area contributed by atoms with E-state index in [0.717, 1.165) is 25.3 Å². The molecule has 3 N–H and O–H groups in total. The lowest BCUT2D eigenvalue weighted by molar-refractivity contribution is -0.134. The van der Waals surface area contributed by atoms with Crippen molar-refractivity contribution < 1.29 is 24.6 Å². The summed E-state index contributed by atoms with van der Waals surface area (Å²) in [6.07, 6.45) is 8.19. The van der Waals surface area contributed by atoms with Crippen LogP contribution in [0.3, 0.4) is 0 Å². The molecule has 3 aromatic rings. The first kappa shape index (κ1) is 24.4. The van der Waals surface area contributed by atoms with Crippen molar-refractivity contribution in [2.24, 2.45) is 0 Å². The molecule has 0 saturated carbocycles. The normalized spacial score (nSPS) is 10.7. The van der Waals surface area contributed by atoms with Crippen molar-refractivity contribution in [3.63, 3.8) is 0 Å². The van der Waals surface area contributed by atoms with E-state index >= 15 is 0 Å². The predicted octanol–water partition coefficient (Wildman–Crippen LogP) is 2.93. The first-order valence-corrected chi connectivity index (χ1v) is 10.3. The van der Waals surface area contributed by atoms with Crippen LogP contribution >= 0.6 is 0 Å². The van der Waals surface area contributed by atoms with Crippen molar-refractivity contribution in [1.29, 1.82) is 0 Å². The summed E-state index contributed by atoms with van der Waals surface area (Å²) in [6, 6.07) is 8.35. The third-order valence-corrected chi connectivity index (χ3v) is 4.84. The molecule has 0 spiro atoms. The van der Waals surface area contributed by atoms with Gasteiger partial charge in [-0.1, -0.05) is 18.2 Å². The first-order valence-electron chi connectivity index (χ1n) is 10.3. The molecule has 170 valence electrons. The highest BCUT2D eigenvalue weighted by molar-refractivity contribution is 5.89. The van der Waals surface area contributed by atoms with Crippen LogP contribution < -0.4 is 0 Å². The minimum absolute atomic E-state index is 0.213. The number of carbonyl (C=O) groups is 3. The van der Waals surface area contributed by atoms with E-state index in [2.05, 4.69) is 38.9 Å². The van der Waals surface area contributed by atoms with Crippen molar-refractivity contribution in [3.05, 3.63) is 66.4 Å². The molecular formula is C23H28N4O5. The molecule has 3 rings (SSSR count). The zero-order chi connectivity index (χ0) is 23.5. The van der Waals surface area contributed by atoms with E-state index in [0.29, 0.717) is 25.1 Å². The van der Waals surface area contributed by atoms with Gasteiger partial charge in [0.05, 0.1) is 0 Å². The highest BCUT2D eigenvalue weighted by Crippen LogP contribution is 2.23. The number of para-hydroxylation sites is 1. The predicted molar refractivity (Wildman–Crippen MR) is 120 cm³/mol. The van der Waals surface area contributed by atoms with E-state index in [1.54, 1.807) is 6.20 Å². The van der Waals surface area contributed by atoms with Crippen LogP contribution in [-0.2, 0) is 27.3 Å². The molecule has 2 heterocycles. The van der Waals surface area contributed by atoms with Crippen molar-refractivity contribution in [1.82, 2.24) is 19.4 Å². The van der Waals surface area contributed by atoms with Gasteiger partial charge in [-0.3, -0.25) is 4.79 Å². The Bertz CT molecular complexity index is 1050. The number of carbonyl (C=O) groups excluding carboxylic acids is 1. The number of hydrogen-bond donors (Lipinski definition) is 3. The molecular weight excluding hydrogens is 412 g/mol. The lowest BCUT2D eigenvalue weighted by atomic mass is 10.1. The van der Waals surface area contributed by atoms with Crippen LogP contribution in [0.1, 0.15) is 31.7 Å². The second-order valence-electron chi connectivity index (χ2n) is 6.90. The van der Waals surface area contributed by atoms with Gasteiger partial charge in [0.1, 0.15) is 5.82 Å². The summed E-state index contributed by atoms with van der Waals surface area (Å²) in [5, 5.41) is 16.9. The largest absolute Gasteiger partial charge is 0.478 e. The fraction of sp³-hybridized carbons (Fsp3) is 0.304. The number of carboxylic acid groups (broad SMARTS) is 2. The van der Waals surface area contributed by atoms with Crippen LogP contribution in [0.2, 0.25) is 0 Å². The van der Waals surface area contributed by atoms with Gasteiger partial charge in [0.25, 0.3) is 0 Å². The first-order chi connectivity index (χ1) is 15.3. The number of carboxylic acids is 2. The van der Waals surface area contributed by atoms with E-state index in [4.69, 9.17) is 10.2 Å². The van der Waals surface area contributed by atoms with E-state index in [1.165, 1.54) is 16.5 Å². The molecule has 9 nitrogen and oxygen atoms in total. The van der Waals surface area contributed by atoms with Crippen LogP contribution in [0.4, 0.5) is 0 Å².